The van der Waals surface area contributed by atoms with Crippen LogP contribution in [-0.2, 0) is 9.47 Å². The summed E-state index contributed by atoms with van der Waals surface area (Å²) in [5.41, 5.74) is 0. The number of hydrogen-bond donors (Lipinski definition) is 1. The van der Waals surface area contributed by atoms with Gasteiger partial charge in [0.15, 0.2) is 0 Å². The summed E-state index contributed by atoms with van der Waals surface area (Å²) in [5.74, 6) is 0. The maximum Gasteiger partial charge on any atom is 0.0933 e. The molecule has 3 nitrogen and oxygen atoms in total. The molecule has 1 saturated carbocycles. The number of morpholine rings is 1. The SMILES string of the molecule is C1CCC(OCC2CNCCO2)C1. The lowest BCUT2D eigenvalue weighted by atomic mass is 10.3. The van der Waals surface area contributed by atoms with Crippen LogP contribution in [0.25, 0.3) is 0 Å². The van der Waals surface area contributed by atoms with Crippen molar-refractivity contribution in [3.8, 4) is 0 Å². The van der Waals surface area contributed by atoms with Gasteiger partial charge in [0.2, 0.25) is 0 Å². The highest BCUT2D eigenvalue weighted by Gasteiger charge is 2.19. The van der Waals surface area contributed by atoms with Gasteiger partial charge in [0.1, 0.15) is 0 Å². The Labute approximate surface area is 79.8 Å². The Morgan fingerprint density at radius 2 is 2.15 bits per heavy atom. The van der Waals surface area contributed by atoms with Gasteiger partial charge in [0.25, 0.3) is 0 Å². The van der Waals surface area contributed by atoms with Gasteiger partial charge in [0, 0.05) is 13.1 Å². The van der Waals surface area contributed by atoms with Gasteiger partial charge in [-0.1, -0.05) is 12.8 Å². The van der Waals surface area contributed by atoms with E-state index < -0.39 is 0 Å². The van der Waals surface area contributed by atoms with Crippen LogP contribution in [0.5, 0.6) is 0 Å². The fourth-order valence-corrected chi connectivity index (χ4v) is 2.03. The molecule has 3 heteroatoms. The molecule has 0 aromatic heterocycles. The third-order valence-electron chi connectivity index (χ3n) is 2.82. The molecule has 1 saturated heterocycles. The van der Waals surface area contributed by atoms with Gasteiger partial charge in [-0.3, -0.25) is 0 Å². The van der Waals surface area contributed by atoms with E-state index in [4.69, 9.17) is 9.47 Å². The van der Waals surface area contributed by atoms with E-state index in [2.05, 4.69) is 5.32 Å². The average molecular weight is 185 g/mol. The van der Waals surface area contributed by atoms with E-state index in [9.17, 15) is 0 Å². The first-order valence-corrected chi connectivity index (χ1v) is 5.39. The van der Waals surface area contributed by atoms with Crippen LogP contribution in [0.15, 0.2) is 0 Å². The van der Waals surface area contributed by atoms with Crippen molar-refractivity contribution in [3.63, 3.8) is 0 Å². The Morgan fingerprint density at radius 1 is 1.31 bits per heavy atom. The highest BCUT2D eigenvalue weighted by atomic mass is 16.5. The zero-order valence-electron chi connectivity index (χ0n) is 8.13. The van der Waals surface area contributed by atoms with Crippen molar-refractivity contribution in [2.75, 3.05) is 26.3 Å². The van der Waals surface area contributed by atoms with Crippen molar-refractivity contribution < 1.29 is 9.47 Å². The van der Waals surface area contributed by atoms with Crippen molar-refractivity contribution in [2.24, 2.45) is 0 Å². The molecule has 1 aliphatic heterocycles. The van der Waals surface area contributed by atoms with Gasteiger partial charge < -0.3 is 14.8 Å². The van der Waals surface area contributed by atoms with Crippen LogP contribution in [0.3, 0.4) is 0 Å². The van der Waals surface area contributed by atoms with E-state index >= 15 is 0 Å². The van der Waals surface area contributed by atoms with Crippen molar-refractivity contribution in [1.82, 2.24) is 5.32 Å². The molecule has 0 amide bonds. The number of ether oxygens (including phenoxy) is 2. The van der Waals surface area contributed by atoms with Crippen molar-refractivity contribution in [3.05, 3.63) is 0 Å². The molecule has 1 aliphatic carbocycles. The highest BCUT2D eigenvalue weighted by molar-refractivity contribution is 4.70. The van der Waals surface area contributed by atoms with Crippen LogP contribution in [-0.4, -0.2) is 38.5 Å². The molecule has 2 fully saturated rings. The standard InChI is InChI=1S/C10H19NO2/c1-2-4-9(3-1)13-8-10-7-11-5-6-12-10/h9-11H,1-8H2. The summed E-state index contributed by atoms with van der Waals surface area (Å²) < 4.78 is 11.3. The zero-order chi connectivity index (χ0) is 8.93. The Hall–Kier alpha value is -0.120. The Morgan fingerprint density at radius 3 is 2.85 bits per heavy atom. The molecule has 13 heavy (non-hydrogen) atoms. The number of rotatable bonds is 3. The lowest BCUT2D eigenvalue weighted by Gasteiger charge is -2.24. The van der Waals surface area contributed by atoms with E-state index in [0.717, 1.165) is 26.3 Å². The van der Waals surface area contributed by atoms with Gasteiger partial charge in [-0.25, -0.2) is 0 Å². The third kappa shape index (κ3) is 2.93. The monoisotopic (exact) mass is 185 g/mol. The van der Waals surface area contributed by atoms with E-state index in [1.54, 1.807) is 0 Å². The largest absolute Gasteiger partial charge is 0.375 e. The fraction of sp³-hybridized carbons (Fsp3) is 1.00. The molecule has 0 aromatic rings. The molecule has 0 radical (unpaired) electrons. The van der Waals surface area contributed by atoms with E-state index in [0.29, 0.717) is 6.10 Å². The molecule has 0 spiro atoms. The summed E-state index contributed by atoms with van der Waals surface area (Å²) in [7, 11) is 0. The summed E-state index contributed by atoms with van der Waals surface area (Å²) in [6, 6.07) is 0. The molecular formula is C10H19NO2. The smallest absolute Gasteiger partial charge is 0.0933 e. The van der Waals surface area contributed by atoms with Crippen LogP contribution in [0.4, 0.5) is 0 Å². The minimum absolute atomic E-state index is 0.286. The lowest BCUT2D eigenvalue weighted by Crippen LogP contribution is -2.41. The lowest BCUT2D eigenvalue weighted by molar-refractivity contribution is -0.0534. The first-order valence-electron chi connectivity index (χ1n) is 5.39. The normalized spacial score (nSPS) is 30.9. The summed E-state index contributed by atoms with van der Waals surface area (Å²) in [6.45, 7) is 3.54. The quantitative estimate of drug-likeness (QED) is 0.709. The number of hydrogen-bond acceptors (Lipinski definition) is 3. The van der Waals surface area contributed by atoms with Crippen molar-refractivity contribution in [1.29, 1.82) is 0 Å². The van der Waals surface area contributed by atoms with E-state index in [-0.39, 0.29) is 6.10 Å². The first kappa shape index (κ1) is 9.44. The molecule has 76 valence electrons. The van der Waals surface area contributed by atoms with E-state index in [1.807, 2.05) is 0 Å². The number of nitrogens with one attached hydrogen (secondary N) is 1. The van der Waals surface area contributed by atoms with Gasteiger partial charge in [-0.2, -0.15) is 0 Å². The molecule has 1 heterocycles. The van der Waals surface area contributed by atoms with Crippen LogP contribution in [0.2, 0.25) is 0 Å². The van der Waals surface area contributed by atoms with Gasteiger partial charge in [0.05, 0.1) is 25.4 Å². The second kappa shape index (κ2) is 4.94. The summed E-state index contributed by atoms with van der Waals surface area (Å²) in [6.07, 6.45) is 5.99. The zero-order valence-corrected chi connectivity index (χ0v) is 8.13. The predicted molar refractivity (Wildman–Crippen MR) is 50.8 cm³/mol. The Bertz CT molecular complexity index is 140. The Balaban J connectivity index is 1.60. The van der Waals surface area contributed by atoms with Crippen molar-refractivity contribution in [2.45, 2.75) is 37.9 Å². The summed E-state index contributed by atoms with van der Waals surface area (Å²) >= 11 is 0. The highest BCUT2D eigenvalue weighted by Crippen LogP contribution is 2.21. The third-order valence-corrected chi connectivity index (χ3v) is 2.82. The van der Waals surface area contributed by atoms with Crippen LogP contribution in [0, 0.1) is 0 Å². The molecule has 1 N–H and O–H groups in total. The Kier molecular flexibility index (Phi) is 3.58. The molecule has 1 unspecified atom stereocenters. The molecule has 0 bridgehead atoms. The molecular weight excluding hydrogens is 166 g/mol. The van der Waals surface area contributed by atoms with E-state index in [1.165, 1.54) is 25.7 Å². The minimum Gasteiger partial charge on any atom is -0.375 e. The van der Waals surface area contributed by atoms with Gasteiger partial charge in [-0.15, -0.1) is 0 Å². The average Bonchev–Trinajstić information content (AvgIpc) is 2.69. The van der Waals surface area contributed by atoms with Gasteiger partial charge >= 0.3 is 0 Å². The fourth-order valence-electron chi connectivity index (χ4n) is 2.03. The van der Waals surface area contributed by atoms with Crippen LogP contribution in [0.1, 0.15) is 25.7 Å². The van der Waals surface area contributed by atoms with Crippen LogP contribution < -0.4 is 5.32 Å². The van der Waals surface area contributed by atoms with Crippen molar-refractivity contribution >= 4 is 0 Å². The minimum atomic E-state index is 0.286. The topological polar surface area (TPSA) is 30.5 Å². The predicted octanol–water partition coefficient (Wildman–Crippen LogP) is 0.934. The maximum atomic E-state index is 5.78. The second-order valence-electron chi connectivity index (χ2n) is 3.94. The maximum absolute atomic E-state index is 5.78. The first-order chi connectivity index (χ1) is 6.45. The molecule has 2 rings (SSSR count). The second-order valence-corrected chi connectivity index (χ2v) is 3.94. The molecule has 2 aliphatic rings. The summed E-state index contributed by atoms with van der Waals surface area (Å²) in [5, 5.41) is 3.31. The summed E-state index contributed by atoms with van der Waals surface area (Å²) in [4.78, 5) is 0. The van der Waals surface area contributed by atoms with Gasteiger partial charge in [-0.05, 0) is 12.8 Å². The van der Waals surface area contributed by atoms with Crippen LogP contribution >= 0.6 is 0 Å². The molecule has 0 aromatic carbocycles. The molecule has 1 atom stereocenters.